The predicted octanol–water partition coefficient (Wildman–Crippen LogP) is 3.93. The standard InChI is InChI=1S/C21H26N5O3PS2/c1-12(2)10-26-21(28)17(19(27)18(24-26)13-7-8-32-11-13)20(22)23-15-6-5-14(25-31-4)9-16(15)30-29-3/h5-9,11-12,25,27,30H,10H2,1-4H3,(H2,22,23). The van der Waals surface area contributed by atoms with Crippen molar-refractivity contribution >= 4 is 54.6 Å². The van der Waals surface area contributed by atoms with Gasteiger partial charge in [-0.05, 0) is 35.6 Å². The summed E-state index contributed by atoms with van der Waals surface area (Å²) < 4.78 is 9.84. The molecule has 0 bridgehead atoms. The second-order valence-electron chi connectivity index (χ2n) is 7.31. The number of hydrogen-bond acceptors (Lipinski definition) is 8. The topological polar surface area (TPSA) is 115 Å². The molecule has 3 aromatic rings. The Morgan fingerprint density at radius 2 is 2.22 bits per heavy atom. The SMILES string of the molecule is COPc1cc(NSC)ccc1N=C(N)c1c(O)c(-c2ccsc2)nn(CC(C)C)c1=O. The Balaban J connectivity index is 2.17. The van der Waals surface area contributed by atoms with Crippen molar-refractivity contribution in [3.8, 4) is 17.0 Å². The molecule has 1 atom stereocenters. The maximum absolute atomic E-state index is 13.2. The minimum absolute atomic E-state index is 0.0436. The maximum Gasteiger partial charge on any atom is 0.281 e. The molecule has 0 spiro atoms. The van der Waals surface area contributed by atoms with Crippen molar-refractivity contribution in [2.24, 2.45) is 16.6 Å². The smallest absolute Gasteiger partial charge is 0.281 e. The van der Waals surface area contributed by atoms with Crippen molar-refractivity contribution in [2.75, 3.05) is 18.1 Å². The summed E-state index contributed by atoms with van der Waals surface area (Å²) in [6.07, 6.45) is 1.93. The molecule has 1 unspecified atom stereocenters. The highest BCUT2D eigenvalue weighted by Gasteiger charge is 2.22. The first-order chi connectivity index (χ1) is 15.3. The fraction of sp³-hybridized carbons (Fsp3) is 0.286. The van der Waals surface area contributed by atoms with E-state index in [1.54, 1.807) is 13.2 Å². The second kappa shape index (κ2) is 11.0. The molecule has 2 heterocycles. The number of rotatable bonds is 9. The van der Waals surface area contributed by atoms with E-state index in [1.165, 1.54) is 28.0 Å². The lowest BCUT2D eigenvalue weighted by atomic mass is 10.1. The first-order valence-corrected chi connectivity index (χ1v) is 12.9. The molecule has 170 valence electrons. The summed E-state index contributed by atoms with van der Waals surface area (Å²) in [5, 5.41) is 19.9. The molecule has 11 heteroatoms. The van der Waals surface area contributed by atoms with Crippen molar-refractivity contribution in [3.63, 3.8) is 0 Å². The van der Waals surface area contributed by atoms with E-state index in [4.69, 9.17) is 10.3 Å². The van der Waals surface area contributed by atoms with Crippen LogP contribution < -0.4 is 21.3 Å². The molecule has 0 saturated heterocycles. The van der Waals surface area contributed by atoms with E-state index >= 15 is 0 Å². The van der Waals surface area contributed by atoms with E-state index in [9.17, 15) is 9.90 Å². The molecule has 32 heavy (non-hydrogen) atoms. The van der Waals surface area contributed by atoms with Crippen LogP contribution in [0.5, 0.6) is 5.75 Å². The van der Waals surface area contributed by atoms with Gasteiger partial charge in [-0.2, -0.15) is 16.4 Å². The average molecular weight is 492 g/mol. The molecule has 0 aliphatic rings. The van der Waals surface area contributed by atoms with Gasteiger partial charge in [0.1, 0.15) is 17.1 Å². The lowest BCUT2D eigenvalue weighted by molar-refractivity contribution is 0.437. The lowest BCUT2D eigenvalue weighted by Gasteiger charge is -2.14. The van der Waals surface area contributed by atoms with Crippen LogP contribution in [0.3, 0.4) is 0 Å². The monoisotopic (exact) mass is 491 g/mol. The molecule has 0 radical (unpaired) electrons. The van der Waals surface area contributed by atoms with E-state index < -0.39 is 5.56 Å². The van der Waals surface area contributed by atoms with Gasteiger partial charge in [0.15, 0.2) is 5.75 Å². The van der Waals surface area contributed by atoms with Crippen LogP contribution in [0.4, 0.5) is 11.4 Å². The molecule has 8 nitrogen and oxygen atoms in total. The number of thiophene rings is 1. The zero-order valence-corrected chi connectivity index (χ0v) is 20.9. The number of hydrogen-bond donors (Lipinski definition) is 3. The Hall–Kier alpha value is -2.39. The van der Waals surface area contributed by atoms with Crippen molar-refractivity contribution in [2.45, 2.75) is 20.4 Å². The third-order valence-electron chi connectivity index (χ3n) is 4.39. The molecule has 4 N–H and O–H groups in total. The van der Waals surface area contributed by atoms with Crippen LogP contribution >= 0.6 is 32.1 Å². The molecule has 0 fully saturated rings. The first kappa shape index (κ1) is 24.3. The van der Waals surface area contributed by atoms with Crippen molar-refractivity contribution < 1.29 is 9.63 Å². The van der Waals surface area contributed by atoms with Gasteiger partial charge >= 0.3 is 0 Å². The molecule has 0 aliphatic heterocycles. The van der Waals surface area contributed by atoms with Gasteiger partial charge in [-0.15, -0.1) is 0 Å². The van der Waals surface area contributed by atoms with Crippen LogP contribution in [-0.4, -0.2) is 34.1 Å². The molecule has 0 amide bonds. The number of anilines is 1. The van der Waals surface area contributed by atoms with E-state index in [2.05, 4.69) is 14.8 Å². The van der Waals surface area contributed by atoms with Gasteiger partial charge in [0.2, 0.25) is 0 Å². The number of benzene rings is 1. The van der Waals surface area contributed by atoms with E-state index in [0.29, 0.717) is 23.5 Å². The Morgan fingerprint density at radius 1 is 1.44 bits per heavy atom. The van der Waals surface area contributed by atoms with Crippen LogP contribution in [0, 0.1) is 5.92 Å². The summed E-state index contributed by atoms with van der Waals surface area (Å²) in [4.78, 5) is 17.7. The largest absolute Gasteiger partial charge is 0.505 e. The maximum atomic E-state index is 13.2. The third-order valence-corrected chi connectivity index (χ3v) is 6.34. The molecule has 2 aromatic heterocycles. The van der Waals surface area contributed by atoms with Gasteiger partial charge in [-0.1, -0.05) is 25.8 Å². The highest BCUT2D eigenvalue weighted by molar-refractivity contribution is 7.99. The van der Waals surface area contributed by atoms with E-state index in [-0.39, 0.29) is 31.9 Å². The highest BCUT2D eigenvalue weighted by Crippen LogP contribution is 2.31. The van der Waals surface area contributed by atoms with Crippen molar-refractivity contribution in [3.05, 3.63) is 50.9 Å². The van der Waals surface area contributed by atoms with Gasteiger partial charge < -0.3 is 20.1 Å². The molecule has 3 rings (SSSR count). The highest BCUT2D eigenvalue weighted by atomic mass is 32.2. The van der Waals surface area contributed by atoms with E-state index in [1.807, 2.05) is 49.1 Å². The number of nitrogens with two attached hydrogens (primary N) is 1. The summed E-state index contributed by atoms with van der Waals surface area (Å²) >= 11 is 2.95. The fourth-order valence-corrected chi connectivity index (χ4v) is 4.73. The minimum Gasteiger partial charge on any atom is -0.505 e. The zero-order valence-electron chi connectivity index (χ0n) is 18.2. The van der Waals surface area contributed by atoms with Crippen molar-refractivity contribution in [1.29, 1.82) is 0 Å². The first-order valence-electron chi connectivity index (χ1n) is 9.78. The van der Waals surface area contributed by atoms with Gasteiger partial charge in [0.25, 0.3) is 5.56 Å². The number of nitrogens with zero attached hydrogens (tertiary/aromatic N) is 3. The molecular formula is C21H26N5O3PS2. The Bertz CT molecular complexity index is 1160. The molecule has 0 saturated carbocycles. The molecule has 1 aromatic carbocycles. The summed E-state index contributed by atoms with van der Waals surface area (Å²) in [5.41, 5.74) is 8.26. The fourth-order valence-electron chi connectivity index (χ4n) is 3.05. The summed E-state index contributed by atoms with van der Waals surface area (Å²) in [6.45, 7) is 4.37. The van der Waals surface area contributed by atoms with Gasteiger partial charge in [-0.25, -0.2) is 9.67 Å². The third kappa shape index (κ3) is 5.50. The van der Waals surface area contributed by atoms with Crippen LogP contribution in [0.15, 0.2) is 44.8 Å². The lowest BCUT2D eigenvalue weighted by Crippen LogP contribution is -2.33. The minimum atomic E-state index is -0.479. The number of amidine groups is 1. The second-order valence-corrected chi connectivity index (χ2v) is 9.85. The quantitative estimate of drug-likeness (QED) is 0.180. The average Bonchev–Trinajstić information content (AvgIpc) is 3.27. The van der Waals surface area contributed by atoms with Crippen LogP contribution in [0.1, 0.15) is 19.4 Å². The van der Waals surface area contributed by atoms with Crippen LogP contribution in [0.2, 0.25) is 0 Å². The van der Waals surface area contributed by atoms with Gasteiger partial charge in [0, 0.05) is 50.7 Å². The molecular weight excluding hydrogens is 465 g/mol. The Labute approximate surface area is 196 Å². The summed E-state index contributed by atoms with van der Waals surface area (Å²) in [7, 11) is 1.65. The van der Waals surface area contributed by atoms with Crippen molar-refractivity contribution in [1.82, 2.24) is 9.78 Å². The zero-order chi connectivity index (χ0) is 23.3. The van der Waals surface area contributed by atoms with Crippen LogP contribution in [-0.2, 0) is 11.1 Å². The summed E-state index contributed by atoms with van der Waals surface area (Å²) in [6, 6.07) is 7.43. The Kier molecular flexibility index (Phi) is 8.31. The Morgan fingerprint density at radius 3 is 2.84 bits per heavy atom. The summed E-state index contributed by atoms with van der Waals surface area (Å²) in [5.74, 6) is -0.167. The number of aromatic nitrogens is 2. The van der Waals surface area contributed by atoms with Gasteiger partial charge in [0.05, 0.1) is 5.69 Å². The normalized spacial score (nSPS) is 12.2. The van der Waals surface area contributed by atoms with Crippen LogP contribution in [0.25, 0.3) is 11.3 Å². The molecule has 0 aliphatic carbocycles. The number of aromatic hydroxyl groups is 1. The predicted molar refractivity (Wildman–Crippen MR) is 137 cm³/mol. The number of aliphatic imine (C=N–C) groups is 1. The van der Waals surface area contributed by atoms with Gasteiger partial charge in [-0.3, -0.25) is 4.79 Å². The number of nitrogens with one attached hydrogen (secondary N) is 1. The van der Waals surface area contributed by atoms with E-state index in [0.717, 1.165) is 11.0 Å².